The third kappa shape index (κ3) is 6.19. The minimum absolute atomic E-state index is 0.0141. The van der Waals surface area contributed by atoms with Crippen molar-refractivity contribution in [3.05, 3.63) is 83.7 Å². The van der Waals surface area contributed by atoms with E-state index in [1.54, 1.807) is 34.1 Å². The van der Waals surface area contributed by atoms with Gasteiger partial charge in [-0.1, -0.05) is 37.7 Å². The monoisotopic (exact) mass is 579 g/mol. The van der Waals surface area contributed by atoms with Gasteiger partial charge in [0.05, 0.1) is 17.1 Å². The largest absolute Gasteiger partial charge is 0.479 e. The summed E-state index contributed by atoms with van der Waals surface area (Å²) < 4.78 is 6.94. The summed E-state index contributed by atoms with van der Waals surface area (Å²) in [5, 5.41) is 16.4. The topological polar surface area (TPSA) is 126 Å². The standard InChI is InChI=1S/C31H29N7O3S/c1-19(2)25-11-5-20(3)15-27(25)38-28(39)17-42-31(38)35-30(40)34-26-12-6-22(16-21(26)4)29-33-18-37(36-29)23-7-9-24(10-8-23)41-14-13-32/h5-12,15-16,18-19H,14,17H2,1-4H3,(H,34,40)/b35-31-. The van der Waals surface area contributed by atoms with Crippen LogP contribution >= 0.6 is 11.8 Å². The number of benzene rings is 3. The van der Waals surface area contributed by atoms with Crippen molar-refractivity contribution in [2.24, 2.45) is 4.99 Å². The number of anilines is 2. The van der Waals surface area contributed by atoms with Gasteiger partial charge in [-0.15, -0.1) is 5.10 Å². The Morgan fingerprint density at radius 3 is 2.64 bits per heavy atom. The van der Waals surface area contributed by atoms with Gasteiger partial charge in [0.1, 0.15) is 18.1 Å². The minimum atomic E-state index is -0.559. The molecule has 0 saturated carbocycles. The molecule has 1 fully saturated rings. The molecule has 10 nitrogen and oxygen atoms in total. The van der Waals surface area contributed by atoms with Crippen molar-refractivity contribution in [3.8, 4) is 28.9 Å². The Hall–Kier alpha value is -4.95. The molecule has 42 heavy (non-hydrogen) atoms. The number of amides is 3. The number of nitriles is 1. The number of urea groups is 1. The Balaban J connectivity index is 1.31. The third-order valence-corrected chi connectivity index (χ3v) is 7.56. The fraction of sp³-hybridized carbons (Fsp3) is 0.226. The first-order chi connectivity index (χ1) is 20.2. The first kappa shape index (κ1) is 28.6. The third-order valence-electron chi connectivity index (χ3n) is 6.63. The maximum atomic E-state index is 13.0. The van der Waals surface area contributed by atoms with Gasteiger partial charge < -0.3 is 10.1 Å². The molecule has 1 aliphatic heterocycles. The molecule has 0 aliphatic carbocycles. The fourth-order valence-electron chi connectivity index (χ4n) is 4.52. The summed E-state index contributed by atoms with van der Waals surface area (Å²) in [6.07, 6.45) is 1.62. The van der Waals surface area contributed by atoms with Crippen molar-refractivity contribution < 1.29 is 14.3 Å². The Morgan fingerprint density at radius 1 is 1.14 bits per heavy atom. The molecular weight excluding hydrogens is 550 g/mol. The number of ether oxygens (including phenoxy) is 1. The van der Waals surface area contributed by atoms with Crippen LogP contribution in [0.4, 0.5) is 16.2 Å². The predicted molar refractivity (Wildman–Crippen MR) is 164 cm³/mol. The number of aromatic nitrogens is 3. The van der Waals surface area contributed by atoms with E-state index in [1.165, 1.54) is 11.8 Å². The number of aliphatic imine (C=N–C) groups is 1. The van der Waals surface area contributed by atoms with Crippen LogP contribution in [0.3, 0.4) is 0 Å². The number of nitrogens with one attached hydrogen (secondary N) is 1. The van der Waals surface area contributed by atoms with E-state index in [2.05, 4.69) is 34.2 Å². The zero-order valence-electron chi connectivity index (χ0n) is 23.7. The molecule has 5 rings (SSSR count). The molecule has 3 amide bonds. The number of hydrogen-bond acceptors (Lipinski definition) is 7. The van der Waals surface area contributed by atoms with Crippen LogP contribution in [0.1, 0.15) is 36.5 Å². The van der Waals surface area contributed by atoms with Crippen LogP contribution in [0.5, 0.6) is 5.75 Å². The molecule has 1 N–H and O–H groups in total. The molecule has 1 aromatic heterocycles. The van der Waals surface area contributed by atoms with Gasteiger partial charge in [0.2, 0.25) is 5.91 Å². The van der Waals surface area contributed by atoms with Gasteiger partial charge in [-0.3, -0.25) is 9.69 Å². The zero-order chi connectivity index (χ0) is 29.8. The maximum Gasteiger partial charge on any atom is 0.347 e. The van der Waals surface area contributed by atoms with Crippen molar-refractivity contribution in [3.63, 3.8) is 0 Å². The molecule has 0 spiro atoms. The number of carbonyl (C=O) groups excluding carboxylic acids is 2. The maximum absolute atomic E-state index is 13.0. The summed E-state index contributed by atoms with van der Waals surface area (Å²) >= 11 is 1.25. The van der Waals surface area contributed by atoms with E-state index in [1.807, 2.05) is 62.4 Å². The highest BCUT2D eigenvalue weighted by Crippen LogP contribution is 2.34. The van der Waals surface area contributed by atoms with E-state index >= 15 is 0 Å². The Kier molecular flexibility index (Phi) is 8.36. The van der Waals surface area contributed by atoms with Crippen LogP contribution in [0.15, 0.2) is 72.0 Å². The second-order valence-electron chi connectivity index (χ2n) is 10.0. The number of nitrogens with zero attached hydrogens (tertiary/aromatic N) is 6. The first-order valence-electron chi connectivity index (χ1n) is 13.3. The molecule has 0 atom stereocenters. The number of rotatable bonds is 7. The van der Waals surface area contributed by atoms with Crippen LogP contribution < -0.4 is 15.0 Å². The molecule has 0 bridgehead atoms. The average Bonchev–Trinajstić information content (AvgIpc) is 3.60. The Bertz CT molecular complexity index is 1720. The molecule has 0 radical (unpaired) electrons. The molecule has 212 valence electrons. The van der Waals surface area contributed by atoms with Gasteiger partial charge >= 0.3 is 6.03 Å². The lowest BCUT2D eigenvalue weighted by molar-refractivity contribution is -0.115. The lowest BCUT2D eigenvalue weighted by Crippen LogP contribution is -2.31. The molecule has 11 heteroatoms. The number of hydrogen-bond donors (Lipinski definition) is 1. The highest BCUT2D eigenvalue weighted by Gasteiger charge is 2.32. The highest BCUT2D eigenvalue weighted by molar-refractivity contribution is 8.15. The molecular formula is C31H29N7O3S. The van der Waals surface area contributed by atoms with Crippen molar-refractivity contribution in [1.29, 1.82) is 5.26 Å². The lowest BCUT2D eigenvalue weighted by atomic mass is 9.99. The first-order valence-corrected chi connectivity index (χ1v) is 14.3. The summed E-state index contributed by atoms with van der Waals surface area (Å²) in [4.78, 5) is 36.1. The molecule has 1 aliphatic rings. The van der Waals surface area contributed by atoms with Gasteiger partial charge in [-0.25, -0.2) is 14.5 Å². The van der Waals surface area contributed by atoms with Crippen LogP contribution in [-0.4, -0.2) is 44.2 Å². The molecule has 4 aromatic rings. The summed E-state index contributed by atoms with van der Waals surface area (Å²) in [7, 11) is 0. The minimum Gasteiger partial charge on any atom is -0.479 e. The van der Waals surface area contributed by atoms with Crippen molar-refractivity contribution in [1.82, 2.24) is 14.8 Å². The molecule has 3 aromatic carbocycles. The van der Waals surface area contributed by atoms with Crippen molar-refractivity contribution >= 4 is 40.2 Å². The average molecular weight is 580 g/mol. The van der Waals surface area contributed by atoms with Gasteiger partial charge in [-0.05, 0) is 85.0 Å². The van der Waals surface area contributed by atoms with Crippen LogP contribution in [-0.2, 0) is 4.79 Å². The predicted octanol–water partition coefficient (Wildman–Crippen LogP) is 6.24. The molecule has 2 heterocycles. The van der Waals surface area contributed by atoms with Crippen molar-refractivity contribution in [2.45, 2.75) is 33.6 Å². The quantitative estimate of drug-likeness (QED) is 0.274. The molecule has 0 unspecified atom stereocenters. The fourth-order valence-corrected chi connectivity index (χ4v) is 5.38. The summed E-state index contributed by atoms with van der Waals surface area (Å²) in [5.41, 5.74) is 5.80. The van der Waals surface area contributed by atoms with E-state index in [4.69, 9.17) is 10.00 Å². The summed E-state index contributed by atoms with van der Waals surface area (Å²) in [6.45, 7) is 7.99. The van der Waals surface area contributed by atoms with Gasteiger partial charge in [0.25, 0.3) is 0 Å². The van der Waals surface area contributed by atoms with E-state index in [0.717, 1.165) is 33.6 Å². The van der Waals surface area contributed by atoms with E-state index < -0.39 is 6.03 Å². The summed E-state index contributed by atoms with van der Waals surface area (Å²) in [6, 6.07) is 20.1. The highest BCUT2D eigenvalue weighted by atomic mass is 32.2. The van der Waals surface area contributed by atoms with E-state index in [0.29, 0.717) is 22.4 Å². The number of thioether (sulfide) groups is 1. The van der Waals surface area contributed by atoms with Crippen molar-refractivity contribution in [2.75, 3.05) is 22.6 Å². The van der Waals surface area contributed by atoms with E-state index in [-0.39, 0.29) is 24.2 Å². The lowest BCUT2D eigenvalue weighted by Gasteiger charge is -2.22. The number of amidine groups is 1. The van der Waals surface area contributed by atoms with Crippen LogP contribution in [0.2, 0.25) is 0 Å². The van der Waals surface area contributed by atoms with Crippen LogP contribution in [0.25, 0.3) is 17.1 Å². The molecule has 1 saturated heterocycles. The van der Waals surface area contributed by atoms with Crippen LogP contribution in [0, 0.1) is 25.2 Å². The second kappa shape index (κ2) is 12.3. The number of aryl methyl sites for hydroxylation is 2. The number of carbonyl (C=O) groups is 2. The van der Waals surface area contributed by atoms with Gasteiger partial charge in [-0.2, -0.15) is 10.3 Å². The normalized spacial score (nSPS) is 14.0. The second-order valence-corrected chi connectivity index (χ2v) is 11.0. The zero-order valence-corrected chi connectivity index (χ0v) is 24.5. The van der Waals surface area contributed by atoms with Gasteiger partial charge in [0.15, 0.2) is 17.6 Å². The smallest absolute Gasteiger partial charge is 0.347 e. The summed E-state index contributed by atoms with van der Waals surface area (Å²) in [5.74, 6) is 1.45. The van der Waals surface area contributed by atoms with Gasteiger partial charge in [0, 0.05) is 11.3 Å². The SMILES string of the molecule is Cc1ccc(C(C)C)c(N2C(=O)CS/C2=N\C(=O)Nc2ccc(-c3ncn(-c4ccc(OCC#N)cc4)n3)cc2C)c1. The Morgan fingerprint density at radius 2 is 1.93 bits per heavy atom. The van der Waals surface area contributed by atoms with E-state index in [9.17, 15) is 9.59 Å². The Labute approximate surface area is 248 Å².